The topological polar surface area (TPSA) is 70.0 Å². The smallest absolute Gasteiger partial charge is 0.112 e. The zero-order valence-electron chi connectivity index (χ0n) is 16.7. The van der Waals surface area contributed by atoms with Crippen molar-refractivity contribution in [1.29, 1.82) is 0 Å². The van der Waals surface area contributed by atoms with Gasteiger partial charge >= 0.3 is 0 Å². The maximum atomic E-state index is 9.59. The van der Waals surface area contributed by atoms with Crippen molar-refractivity contribution >= 4 is 0 Å². The maximum Gasteiger partial charge on any atom is 0.112 e. The van der Waals surface area contributed by atoms with E-state index in [-0.39, 0.29) is 12.6 Å². The second-order valence-electron chi connectivity index (χ2n) is 7.85. The van der Waals surface area contributed by atoms with Crippen molar-refractivity contribution in [3.05, 3.63) is 59.8 Å². The average molecular weight is 380 g/mol. The van der Waals surface area contributed by atoms with Gasteiger partial charge in [0, 0.05) is 29.9 Å². The van der Waals surface area contributed by atoms with Crippen LogP contribution in [0.2, 0.25) is 0 Å². The largest absolute Gasteiger partial charge is 0.394 e. The lowest BCUT2D eigenvalue weighted by molar-refractivity contribution is 0.194. The zero-order chi connectivity index (χ0) is 19.5. The maximum absolute atomic E-state index is 9.59. The minimum Gasteiger partial charge on any atom is -0.394 e. The molecule has 4 rings (SSSR count). The number of aromatic amines is 1. The number of benzene rings is 1. The molecule has 3 aromatic rings. The van der Waals surface area contributed by atoms with Gasteiger partial charge < -0.3 is 9.67 Å². The number of rotatable bonds is 6. The van der Waals surface area contributed by atoms with Gasteiger partial charge in [-0.05, 0) is 45.3 Å². The van der Waals surface area contributed by atoms with Crippen LogP contribution >= 0.6 is 0 Å². The van der Waals surface area contributed by atoms with Crippen molar-refractivity contribution in [2.24, 2.45) is 0 Å². The highest BCUT2D eigenvalue weighted by molar-refractivity contribution is 5.62. The van der Waals surface area contributed by atoms with Gasteiger partial charge in [0.2, 0.25) is 0 Å². The second-order valence-corrected chi connectivity index (χ2v) is 7.85. The molecule has 28 heavy (non-hydrogen) atoms. The van der Waals surface area contributed by atoms with Gasteiger partial charge in [0.05, 0.1) is 24.5 Å². The molecule has 1 aliphatic heterocycles. The lowest BCUT2D eigenvalue weighted by Gasteiger charge is -2.32. The molecule has 2 N–H and O–H groups in total. The normalized spacial score (nSPS) is 17.1. The van der Waals surface area contributed by atoms with Crippen LogP contribution in [-0.2, 0) is 6.54 Å². The van der Waals surface area contributed by atoms with E-state index in [0.717, 1.165) is 49.7 Å². The number of imidazole rings is 1. The molecule has 2 aromatic heterocycles. The van der Waals surface area contributed by atoms with Crippen LogP contribution in [0, 0.1) is 6.92 Å². The molecule has 0 aliphatic carbocycles. The monoisotopic (exact) mass is 379 g/mol. The highest BCUT2D eigenvalue weighted by Gasteiger charge is 2.26. The SMILES string of the molecule is Cc1cnc(C2CCN(Cc3cn[nH]c3-c3ccccc3)CC2)n1[C@H](C)CO. The molecular formula is C22H29N5O. The van der Waals surface area contributed by atoms with Gasteiger partial charge in [-0.1, -0.05) is 30.3 Å². The molecule has 1 aliphatic rings. The summed E-state index contributed by atoms with van der Waals surface area (Å²) in [6.07, 6.45) is 6.07. The van der Waals surface area contributed by atoms with E-state index < -0.39 is 0 Å². The number of aliphatic hydroxyl groups is 1. The number of likely N-dealkylation sites (tertiary alicyclic amines) is 1. The summed E-state index contributed by atoms with van der Waals surface area (Å²) in [6, 6.07) is 10.5. The van der Waals surface area contributed by atoms with E-state index >= 15 is 0 Å². The molecule has 1 aromatic carbocycles. The Kier molecular flexibility index (Phi) is 5.59. The van der Waals surface area contributed by atoms with Crippen LogP contribution in [-0.4, -0.2) is 49.5 Å². The van der Waals surface area contributed by atoms with Crippen molar-refractivity contribution < 1.29 is 5.11 Å². The third-order valence-corrected chi connectivity index (χ3v) is 5.84. The van der Waals surface area contributed by atoms with E-state index in [9.17, 15) is 5.11 Å². The Morgan fingerprint density at radius 3 is 2.64 bits per heavy atom. The quantitative estimate of drug-likeness (QED) is 0.688. The Morgan fingerprint density at radius 1 is 1.18 bits per heavy atom. The Hall–Kier alpha value is -2.44. The predicted molar refractivity (Wildman–Crippen MR) is 110 cm³/mol. The van der Waals surface area contributed by atoms with Gasteiger partial charge in [-0.3, -0.25) is 10.00 Å². The van der Waals surface area contributed by atoms with E-state index in [2.05, 4.69) is 62.8 Å². The molecule has 6 nitrogen and oxygen atoms in total. The average Bonchev–Trinajstić information content (AvgIpc) is 3.35. The van der Waals surface area contributed by atoms with Crippen molar-refractivity contribution in [1.82, 2.24) is 24.6 Å². The number of hydrogen-bond donors (Lipinski definition) is 2. The summed E-state index contributed by atoms with van der Waals surface area (Å²) in [7, 11) is 0. The van der Waals surface area contributed by atoms with Crippen LogP contribution in [0.1, 0.15) is 48.8 Å². The summed E-state index contributed by atoms with van der Waals surface area (Å²) in [5.41, 5.74) is 4.67. The van der Waals surface area contributed by atoms with Gasteiger partial charge in [0.25, 0.3) is 0 Å². The van der Waals surface area contributed by atoms with Gasteiger partial charge in [0.1, 0.15) is 5.82 Å². The van der Waals surface area contributed by atoms with Crippen molar-refractivity contribution in [2.75, 3.05) is 19.7 Å². The third-order valence-electron chi connectivity index (χ3n) is 5.84. The molecule has 1 atom stereocenters. The summed E-state index contributed by atoms with van der Waals surface area (Å²) >= 11 is 0. The van der Waals surface area contributed by atoms with E-state index in [1.807, 2.05) is 18.5 Å². The Balaban J connectivity index is 1.42. The van der Waals surface area contributed by atoms with E-state index in [4.69, 9.17) is 0 Å². The summed E-state index contributed by atoms with van der Waals surface area (Å²) < 4.78 is 2.21. The number of aryl methyl sites for hydroxylation is 1. The van der Waals surface area contributed by atoms with Gasteiger partial charge in [-0.25, -0.2) is 4.98 Å². The molecule has 1 saturated heterocycles. The van der Waals surface area contributed by atoms with Gasteiger partial charge in [0.15, 0.2) is 0 Å². The molecule has 1 fully saturated rings. The molecular weight excluding hydrogens is 350 g/mol. The molecule has 148 valence electrons. The Labute approximate surface area is 166 Å². The van der Waals surface area contributed by atoms with E-state index in [1.54, 1.807) is 0 Å². The molecule has 3 heterocycles. The zero-order valence-corrected chi connectivity index (χ0v) is 16.7. The van der Waals surface area contributed by atoms with Crippen LogP contribution in [0.15, 0.2) is 42.7 Å². The molecule has 6 heteroatoms. The second kappa shape index (κ2) is 8.29. The molecule has 0 bridgehead atoms. The number of nitrogens with one attached hydrogen (secondary N) is 1. The predicted octanol–water partition coefficient (Wildman–Crippen LogP) is 3.51. The van der Waals surface area contributed by atoms with Crippen molar-refractivity contribution in [2.45, 2.75) is 45.2 Å². The lowest BCUT2D eigenvalue weighted by atomic mass is 9.95. The fourth-order valence-corrected chi connectivity index (χ4v) is 4.30. The van der Waals surface area contributed by atoms with Crippen molar-refractivity contribution in [3.8, 4) is 11.3 Å². The Bertz CT molecular complexity index is 893. The molecule has 0 amide bonds. The molecule has 0 radical (unpaired) electrons. The van der Waals surface area contributed by atoms with Gasteiger partial charge in [-0.15, -0.1) is 0 Å². The molecule has 0 unspecified atom stereocenters. The minimum absolute atomic E-state index is 0.0786. The highest BCUT2D eigenvalue weighted by atomic mass is 16.3. The fraction of sp³-hybridized carbons (Fsp3) is 0.455. The number of aromatic nitrogens is 4. The van der Waals surface area contributed by atoms with E-state index in [1.165, 1.54) is 11.1 Å². The first-order chi connectivity index (χ1) is 13.7. The molecule has 0 saturated carbocycles. The number of nitrogens with zero attached hydrogens (tertiary/aromatic N) is 4. The van der Waals surface area contributed by atoms with Crippen molar-refractivity contribution in [3.63, 3.8) is 0 Å². The van der Waals surface area contributed by atoms with Crippen LogP contribution in [0.4, 0.5) is 0 Å². The van der Waals surface area contributed by atoms with Crippen LogP contribution < -0.4 is 0 Å². The first kappa shape index (κ1) is 18.9. The number of hydrogen-bond acceptors (Lipinski definition) is 4. The van der Waals surface area contributed by atoms with Crippen LogP contribution in [0.5, 0.6) is 0 Å². The summed E-state index contributed by atoms with van der Waals surface area (Å²) in [5, 5.41) is 17.0. The van der Waals surface area contributed by atoms with Crippen LogP contribution in [0.25, 0.3) is 11.3 Å². The third kappa shape index (κ3) is 3.75. The molecule has 0 spiro atoms. The lowest BCUT2D eigenvalue weighted by Crippen LogP contribution is -2.33. The highest BCUT2D eigenvalue weighted by Crippen LogP contribution is 2.31. The van der Waals surface area contributed by atoms with Crippen LogP contribution in [0.3, 0.4) is 0 Å². The van der Waals surface area contributed by atoms with E-state index in [0.29, 0.717) is 5.92 Å². The standard InChI is InChI=1S/C22H29N5O/c1-16-12-23-22(27(16)17(2)15-28)19-8-10-26(11-9-19)14-20-13-24-25-21(20)18-6-4-3-5-7-18/h3-7,12-13,17,19,28H,8-11,14-15H2,1-2H3,(H,24,25)/t17-/m1/s1. The number of aliphatic hydroxyl groups excluding tert-OH is 1. The summed E-state index contributed by atoms with van der Waals surface area (Å²) in [4.78, 5) is 7.18. The number of H-pyrrole nitrogens is 1. The minimum atomic E-state index is 0.0786. The number of piperidine rings is 1. The van der Waals surface area contributed by atoms with Gasteiger partial charge in [-0.2, -0.15) is 5.10 Å². The first-order valence-electron chi connectivity index (χ1n) is 10.1. The summed E-state index contributed by atoms with van der Waals surface area (Å²) in [6.45, 7) is 7.27. The Morgan fingerprint density at radius 2 is 1.93 bits per heavy atom. The fourth-order valence-electron chi connectivity index (χ4n) is 4.30. The first-order valence-corrected chi connectivity index (χ1v) is 10.1. The summed E-state index contributed by atoms with van der Waals surface area (Å²) in [5.74, 6) is 1.59.